The number of rotatable bonds is 6. The van der Waals surface area contributed by atoms with E-state index >= 15 is 0 Å². The molecule has 0 radical (unpaired) electrons. The number of morpholine rings is 1. The van der Waals surface area contributed by atoms with E-state index in [1.165, 1.54) is 0 Å². The molecule has 1 aliphatic heterocycles. The van der Waals surface area contributed by atoms with Crippen LogP contribution in [-0.4, -0.2) is 66.1 Å². The number of amides is 1. The summed E-state index contributed by atoms with van der Waals surface area (Å²) in [6.45, 7) is 2.57. The predicted octanol–water partition coefficient (Wildman–Crippen LogP) is 3.26. The van der Waals surface area contributed by atoms with Crippen molar-refractivity contribution in [3.63, 3.8) is 0 Å². The van der Waals surface area contributed by atoms with Crippen LogP contribution in [0.4, 0.5) is 21.7 Å². The van der Waals surface area contributed by atoms with Gasteiger partial charge in [-0.3, -0.25) is 9.18 Å². The number of ether oxygens (including phenoxy) is 1. The first-order valence-electron chi connectivity index (χ1n) is 11.6. The minimum Gasteiger partial charge on any atom is -0.436 e. The van der Waals surface area contributed by atoms with Crippen LogP contribution in [0.25, 0.3) is 33.5 Å². The van der Waals surface area contributed by atoms with Crippen molar-refractivity contribution >= 4 is 45.2 Å². The predicted molar refractivity (Wildman–Crippen MR) is 129 cm³/mol. The first-order valence-corrected chi connectivity index (χ1v) is 11.6. The van der Waals surface area contributed by atoms with Gasteiger partial charge in [-0.2, -0.15) is 0 Å². The van der Waals surface area contributed by atoms with E-state index in [-0.39, 0.29) is 23.6 Å². The minimum absolute atomic E-state index is 0.207. The largest absolute Gasteiger partial charge is 0.436 e. The molecule has 4 heterocycles. The lowest BCUT2D eigenvalue weighted by Crippen LogP contribution is -2.36. The number of hydrogen-bond donors (Lipinski definition) is 2. The van der Waals surface area contributed by atoms with Gasteiger partial charge in [-0.1, -0.05) is 0 Å². The summed E-state index contributed by atoms with van der Waals surface area (Å²) in [7, 11) is 1.75. The van der Waals surface area contributed by atoms with Gasteiger partial charge in [0.1, 0.15) is 11.0 Å². The Kier molecular flexibility index (Phi) is 5.40. The van der Waals surface area contributed by atoms with Crippen molar-refractivity contribution in [2.45, 2.75) is 6.42 Å². The van der Waals surface area contributed by atoms with Crippen LogP contribution in [0.15, 0.2) is 34.9 Å². The molecular weight excluding hydrogens is 453 g/mol. The SMILES string of the molecule is CNc1ncc(-c2nc3cc(N4CCOCC4)ccc3o2)c2cc(NC(=O)[C@H]3C[C@H]3CF)nnc12. The molecule has 2 fully saturated rings. The smallest absolute Gasteiger partial charge is 0.229 e. The molecule has 3 aromatic heterocycles. The van der Waals surface area contributed by atoms with Gasteiger partial charge in [0.05, 0.1) is 25.5 Å². The van der Waals surface area contributed by atoms with Crippen LogP contribution in [0.5, 0.6) is 0 Å². The third-order valence-electron chi connectivity index (χ3n) is 6.55. The zero-order valence-corrected chi connectivity index (χ0v) is 19.1. The summed E-state index contributed by atoms with van der Waals surface area (Å²) >= 11 is 0. The highest BCUT2D eigenvalue weighted by atomic mass is 19.1. The monoisotopic (exact) mass is 477 g/mol. The number of nitrogens with zero attached hydrogens (tertiary/aromatic N) is 5. The van der Waals surface area contributed by atoms with Crippen molar-refractivity contribution in [1.82, 2.24) is 20.2 Å². The van der Waals surface area contributed by atoms with E-state index in [0.717, 1.165) is 24.3 Å². The number of halogens is 1. The summed E-state index contributed by atoms with van der Waals surface area (Å²) in [6.07, 6.45) is 2.22. The van der Waals surface area contributed by atoms with Gasteiger partial charge in [0.2, 0.25) is 11.8 Å². The second kappa shape index (κ2) is 8.73. The maximum atomic E-state index is 12.8. The van der Waals surface area contributed by atoms with Gasteiger partial charge < -0.3 is 24.7 Å². The second-order valence-electron chi connectivity index (χ2n) is 8.78. The van der Waals surface area contributed by atoms with E-state index in [2.05, 4.69) is 30.7 Å². The molecule has 4 aromatic rings. The first kappa shape index (κ1) is 21.7. The minimum atomic E-state index is -0.492. The number of oxazole rings is 1. The fourth-order valence-electron chi connectivity index (χ4n) is 4.45. The second-order valence-corrected chi connectivity index (χ2v) is 8.78. The molecule has 2 N–H and O–H groups in total. The molecule has 6 rings (SSSR count). The number of hydrogen-bond acceptors (Lipinski definition) is 9. The van der Waals surface area contributed by atoms with Crippen molar-refractivity contribution in [2.24, 2.45) is 11.8 Å². The van der Waals surface area contributed by atoms with E-state index < -0.39 is 6.67 Å². The molecule has 35 heavy (non-hydrogen) atoms. The highest BCUT2D eigenvalue weighted by molar-refractivity contribution is 6.01. The number of carbonyl (C=O) groups excluding carboxylic acids is 1. The molecule has 1 aliphatic carbocycles. The Morgan fingerprint density at radius 3 is 2.86 bits per heavy atom. The molecule has 1 saturated heterocycles. The van der Waals surface area contributed by atoms with Gasteiger partial charge in [0.25, 0.3) is 0 Å². The summed E-state index contributed by atoms with van der Waals surface area (Å²) in [5.74, 6) is 0.445. The Morgan fingerprint density at radius 2 is 2.09 bits per heavy atom. The van der Waals surface area contributed by atoms with Crippen LogP contribution >= 0.6 is 0 Å². The summed E-state index contributed by atoms with van der Waals surface area (Å²) < 4.78 is 24.4. The summed E-state index contributed by atoms with van der Waals surface area (Å²) in [5.41, 5.74) is 3.60. The van der Waals surface area contributed by atoms with Crippen molar-refractivity contribution in [3.05, 3.63) is 30.5 Å². The van der Waals surface area contributed by atoms with Gasteiger partial charge in [0, 0.05) is 43.3 Å². The van der Waals surface area contributed by atoms with E-state index in [0.29, 0.717) is 53.4 Å². The fourth-order valence-corrected chi connectivity index (χ4v) is 4.45. The van der Waals surface area contributed by atoms with Crippen LogP contribution < -0.4 is 15.5 Å². The highest BCUT2D eigenvalue weighted by Gasteiger charge is 2.43. The molecular formula is C24H24FN7O3. The number of anilines is 3. The van der Waals surface area contributed by atoms with E-state index in [4.69, 9.17) is 14.1 Å². The maximum Gasteiger partial charge on any atom is 0.229 e. The van der Waals surface area contributed by atoms with Gasteiger partial charge >= 0.3 is 0 Å². The molecule has 0 bridgehead atoms. The third-order valence-corrected chi connectivity index (χ3v) is 6.55. The number of carbonyl (C=O) groups is 1. The van der Waals surface area contributed by atoms with Crippen LogP contribution in [-0.2, 0) is 9.53 Å². The van der Waals surface area contributed by atoms with Crippen molar-refractivity contribution in [1.29, 1.82) is 0 Å². The molecule has 1 saturated carbocycles. The molecule has 11 heteroatoms. The number of fused-ring (bicyclic) bond motifs is 2. The van der Waals surface area contributed by atoms with Crippen LogP contribution in [0.1, 0.15) is 6.42 Å². The lowest BCUT2D eigenvalue weighted by atomic mass is 10.1. The number of benzene rings is 1. The quantitative estimate of drug-likeness (QED) is 0.431. The Morgan fingerprint density at radius 1 is 1.23 bits per heavy atom. The van der Waals surface area contributed by atoms with Crippen LogP contribution in [0.3, 0.4) is 0 Å². The number of nitrogens with one attached hydrogen (secondary N) is 2. The first-order chi connectivity index (χ1) is 17.1. The average molecular weight is 478 g/mol. The van der Waals surface area contributed by atoms with E-state index in [1.807, 2.05) is 18.2 Å². The molecule has 0 spiro atoms. The average Bonchev–Trinajstić information content (AvgIpc) is 3.58. The molecule has 1 aromatic carbocycles. The van der Waals surface area contributed by atoms with Gasteiger partial charge in [-0.25, -0.2) is 9.97 Å². The third kappa shape index (κ3) is 4.01. The van der Waals surface area contributed by atoms with Crippen molar-refractivity contribution in [3.8, 4) is 11.5 Å². The zero-order valence-electron chi connectivity index (χ0n) is 19.1. The normalized spacial score (nSPS) is 19.8. The van der Waals surface area contributed by atoms with E-state index in [9.17, 15) is 9.18 Å². The molecule has 0 unspecified atom stereocenters. The number of pyridine rings is 1. The molecule has 10 nitrogen and oxygen atoms in total. The maximum absolute atomic E-state index is 12.8. The summed E-state index contributed by atoms with van der Waals surface area (Å²) in [4.78, 5) is 23.9. The van der Waals surface area contributed by atoms with Crippen molar-refractivity contribution in [2.75, 3.05) is 55.6 Å². The molecule has 2 aliphatic rings. The van der Waals surface area contributed by atoms with Gasteiger partial charge in [-0.05, 0) is 36.6 Å². The molecule has 180 valence electrons. The Hall–Kier alpha value is -3.86. The lowest BCUT2D eigenvalue weighted by Gasteiger charge is -2.28. The Bertz CT molecular complexity index is 1420. The Balaban J connectivity index is 1.37. The number of alkyl halides is 1. The topological polar surface area (TPSA) is 118 Å². The van der Waals surface area contributed by atoms with E-state index in [1.54, 1.807) is 19.3 Å². The molecule has 2 atom stereocenters. The van der Waals surface area contributed by atoms with Crippen LogP contribution in [0, 0.1) is 11.8 Å². The summed E-state index contributed by atoms with van der Waals surface area (Å²) in [5, 5.41) is 14.9. The van der Waals surface area contributed by atoms with Crippen molar-refractivity contribution < 1.29 is 18.3 Å². The molecule has 1 amide bonds. The zero-order chi connectivity index (χ0) is 23.9. The van der Waals surface area contributed by atoms with Gasteiger partial charge in [0.15, 0.2) is 17.2 Å². The summed E-state index contributed by atoms with van der Waals surface area (Å²) in [6, 6.07) is 7.66. The highest BCUT2D eigenvalue weighted by Crippen LogP contribution is 2.40. The van der Waals surface area contributed by atoms with Gasteiger partial charge in [-0.15, -0.1) is 10.2 Å². The van der Waals surface area contributed by atoms with Crippen LogP contribution in [0.2, 0.25) is 0 Å². The number of aromatic nitrogens is 4. The standard InChI is InChI=1S/C24H24FN7O3/c1-26-22-21-16(10-20(30-31-21)29-23(33)15-8-13(15)11-25)17(12-27-22)24-28-18-9-14(2-3-19(18)35-24)32-4-6-34-7-5-32/h2-3,9-10,12-13,15H,4-8,11H2,1H3,(H,26,27)(H,29,30,33)/t13-,15-/m0/s1. The lowest BCUT2D eigenvalue weighted by molar-refractivity contribution is -0.117. The fraction of sp³-hybridized carbons (Fsp3) is 0.375. The Labute approximate surface area is 199 Å².